The normalized spacial score (nSPS) is 14.8. The van der Waals surface area contributed by atoms with Gasteiger partial charge in [0.1, 0.15) is 5.75 Å². The van der Waals surface area contributed by atoms with Crippen molar-refractivity contribution in [1.29, 1.82) is 0 Å². The minimum atomic E-state index is -0.812. The summed E-state index contributed by atoms with van der Waals surface area (Å²) < 4.78 is 5.64. The van der Waals surface area contributed by atoms with Crippen LogP contribution < -0.4 is 4.74 Å². The Bertz CT molecular complexity index is 660. The Morgan fingerprint density at radius 2 is 1.77 bits per heavy atom. The number of carboxylic acid groups (broad SMARTS) is 1. The molecular weight excluding hydrogens is 336 g/mol. The van der Waals surface area contributed by atoms with E-state index < -0.39 is 5.97 Å². The number of aryl methyl sites for hydroxylation is 2. The number of ether oxygens (including phenoxy) is 1. The number of benzene rings is 1. The van der Waals surface area contributed by atoms with E-state index in [1.165, 1.54) is 4.90 Å². The predicted molar refractivity (Wildman–Crippen MR) is 96.0 cm³/mol. The van der Waals surface area contributed by atoms with Crippen LogP contribution in [-0.4, -0.2) is 66.0 Å². The lowest BCUT2D eigenvalue weighted by Gasteiger charge is -2.31. The maximum absolute atomic E-state index is 12.3. The standard InChI is InChI=1S/C19H26N2O5/c1-13-5-4-6-14(2)18(13)26-12-17(23)20(3)11-16(22)21-9-7-15(8-10-21)19(24)25/h4-6,15H,7-12H2,1-3H3,(H,24,25). The number of aliphatic carboxylic acids is 1. The van der Waals surface area contributed by atoms with E-state index in [1.807, 2.05) is 32.0 Å². The summed E-state index contributed by atoms with van der Waals surface area (Å²) in [5.41, 5.74) is 1.91. The van der Waals surface area contributed by atoms with Crippen LogP contribution in [0.1, 0.15) is 24.0 Å². The lowest BCUT2D eigenvalue weighted by Crippen LogP contribution is -2.46. The number of rotatable bonds is 6. The summed E-state index contributed by atoms with van der Waals surface area (Å²) in [6.45, 7) is 4.50. The van der Waals surface area contributed by atoms with Gasteiger partial charge in [-0.3, -0.25) is 14.4 Å². The first-order valence-corrected chi connectivity index (χ1v) is 8.73. The quantitative estimate of drug-likeness (QED) is 0.828. The van der Waals surface area contributed by atoms with Gasteiger partial charge in [0.15, 0.2) is 6.61 Å². The van der Waals surface area contributed by atoms with Gasteiger partial charge in [-0.15, -0.1) is 0 Å². The molecule has 1 aliphatic rings. The minimum absolute atomic E-state index is 0.0350. The van der Waals surface area contributed by atoms with Gasteiger partial charge in [0, 0.05) is 20.1 Å². The molecule has 1 aromatic carbocycles. The third-order valence-corrected chi connectivity index (χ3v) is 4.74. The monoisotopic (exact) mass is 362 g/mol. The van der Waals surface area contributed by atoms with Crippen molar-refractivity contribution in [2.45, 2.75) is 26.7 Å². The van der Waals surface area contributed by atoms with Gasteiger partial charge in [-0.05, 0) is 37.8 Å². The van der Waals surface area contributed by atoms with Crippen molar-refractivity contribution < 1.29 is 24.2 Å². The van der Waals surface area contributed by atoms with Crippen LogP contribution in [0.15, 0.2) is 18.2 Å². The van der Waals surface area contributed by atoms with E-state index in [1.54, 1.807) is 11.9 Å². The van der Waals surface area contributed by atoms with Gasteiger partial charge in [0.25, 0.3) is 5.91 Å². The molecule has 1 N–H and O–H groups in total. The fraction of sp³-hybridized carbons (Fsp3) is 0.526. The van der Waals surface area contributed by atoms with Gasteiger partial charge >= 0.3 is 5.97 Å². The molecule has 0 atom stereocenters. The Hall–Kier alpha value is -2.57. The van der Waals surface area contributed by atoms with E-state index in [9.17, 15) is 14.4 Å². The van der Waals surface area contributed by atoms with Crippen molar-refractivity contribution in [3.05, 3.63) is 29.3 Å². The number of likely N-dealkylation sites (N-methyl/N-ethyl adjacent to an activating group) is 1. The third-order valence-electron chi connectivity index (χ3n) is 4.74. The second-order valence-electron chi connectivity index (χ2n) is 6.75. The Labute approximate surface area is 153 Å². The van der Waals surface area contributed by atoms with Gasteiger partial charge in [-0.1, -0.05) is 18.2 Å². The van der Waals surface area contributed by atoms with Crippen LogP contribution in [0.3, 0.4) is 0 Å². The molecule has 2 rings (SSSR count). The van der Waals surface area contributed by atoms with Crippen molar-refractivity contribution >= 4 is 17.8 Å². The maximum atomic E-state index is 12.3. The first-order chi connectivity index (χ1) is 12.3. The third kappa shape index (κ3) is 4.97. The second-order valence-corrected chi connectivity index (χ2v) is 6.75. The lowest BCUT2D eigenvalue weighted by atomic mass is 9.97. The number of hydrogen-bond acceptors (Lipinski definition) is 4. The molecule has 0 aliphatic carbocycles. The summed E-state index contributed by atoms with van der Waals surface area (Å²) in [5, 5.41) is 9.00. The molecule has 0 aromatic heterocycles. The Morgan fingerprint density at radius 1 is 1.19 bits per heavy atom. The highest BCUT2D eigenvalue weighted by Gasteiger charge is 2.27. The Balaban J connectivity index is 1.81. The molecule has 0 radical (unpaired) electrons. The fourth-order valence-corrected chi connectivity index (χ4v) is 3.04. The largest absolute Gasteiger partial charge is 0.483 e. The molecule has 0 saturated carbocycles. The number of amides is 2. The van der Waals surface area contributed by atoms with Crippen molar-refractivity contribution in [2.24, 2.45) is 5.92 Å². The maximum Gasteiger partial charge on any atom is 0.306 e. The first kappa shape index (κ1) is 19.8. The summed E-state index contributed by atoms with van der Waals surface area (Å²) in [5.74, 6) is -0.952. The molecule has 0 unspecified atom stereocenters. The molecule has 1 heterocycles. The molecule has 1 aromatic rings. The van der Waals surface area contributed by atoms with E-state index in [-0.39, 0.29) is 30.9 Å². The van der Waals surface area contributed by atoms with Crippen molar-refractivity contribution in [2.75, 3.05) is 33.3 Å². The highest BCUT2D eigenvalue weighted by molar-refractivity contribution is 5.85. The van der Waals surface area contributed by atoms with Gasteiger partial charge in [-0.2, -0.15) is 0 Å². The van der Waals surface area contributed by atoms with Crippen LogP contribution in [0.25, 0.3) is 0 Å². The Morgan fingerprint density at radius 3 is 2.31 bits per heavy atom. The van der Waals surface area contributed by atoms with E-state index in [0.29, 0.717) is 31.7 Å². The zero-order valence-electron chi connectivity index (χ0n) is 15.5. The number of likely N-dealkylation sites (tertiary alicyclic amines) is 1. The Kier molecular flexibility index (Phi) is 6.60. The van der Waals surface area contributed by atoms with Crippen molar-refractivity contribution in [3.63, 3.8) is 0 Å². The number of piperidine rings is 1. The molecule has 0 bridgehead atoms. The smallest absolute Gasteiger partial charge is 0.306 e. The molecule has 2 amide bonds. The average molecular weight is 362 g/mol. The molecule has 1 fully saturated rings. The van der Waals surface area contributed by atoms with E-state index in [2.05, 4.69) is 0 Å². The van der Waals surface area contributed by atoms with Crippen molar-refractivity contribution in [1.82, 2.24) is 9.80 Å². The molecular formula is C19H26N2O5. The van der Waals surface area contributed by atoms with E-state index in [0.717, 1.165) is 11.1 Å². The highest BCUT2D eigenvalue weighted by Crippen LogP contribution is 2.22. The molecule has 26 heavy (non-hydrogen) atoms. The summed E-state index contributed by atoms with van der Waals surface area (Å²) in [7, 11) is 1.57. The molecule has 1 saturated heterocycles. The van der Waals surface area contributed by atoms with Crippen molar-refractivity contribution in [3.8, 4) is 5.75 Å². The molecule has 142 valence electrons. The van der Waals surface area contributed by atoms with Crippen LogP contribution in [-0.2, 0) is 14.4 Å². The zero-order valence-corrected chi connectivity index (χ0v) is 15.5. The van der Waals surface area contributed by atoms with Gasteiger partial charge < -0.3 is 19.6 Å². The number of hydrogen-bond donors (Lipinski definition) is 1. The first-order valence-electron chi connectivity index (χ1n) is 8.73. The van der Waals surface area contributed by atoms with Gasteiger partial charge in [-0.25, -0.2) is 0 Å². The molecule has 0 spiro atoms. The SMILES string of the molecule is Cc1cccc(C)c1OCC(=O)N(C)CC(=O)N1CCC(C(=O)O)CC1. The number of carboxylic acids is 1. The van der Waals surface area contributed by atoms with Crippen LogP contribution in [0.4, 0.5) is 0 Å². The fourth-order valence-electron chi connectivity index (χ4n) is 3.04. The number of carbonyl (C=O) groups excluding carboxylic acids is 2. The predicted octanol–water partition coefficient (Wildman–Crippen LogP) is 1.46. The summed E-state index contributed by atoms with van der Waals surface area (Å²) in [6, 6.07) is 5.76. The summed E-state index contributed by atoms with van der Waals surface area (Å²) in [6.07, 6.45) is 0.906. The average Bonchev–Trinajstić information content (AvgIpc) is 2.61. The number of carbonyl (C=O) groups is 3. The summed E-state index contributed by atoms with van der Waals surface area (Å²) >= 11 is 0. The minimum Gasteiger partial charge on any atom is -0.483 e. The lowest BCUT2D eigenvalue weighted by molar-refractivity contribution is -0.146. The highest BCUT2D eigenvalue weighted by atomic mass is 16.5. The zero-order chi connectivity index (χ0) is 19.3. The van der Waals surface area contributed by atoms with Crippen LogP contribution in [0.5, 0.6) is 5.75 Å². The number of para-hydroxylation sites is 1. The molecule has 1 aliphatic heterocycles. The second kappa shape index (κ2) is 8.69. The van der Waals surface area contributed by atoms with E-state index in [4.69, 9.17) is 9.84 Å². The van der Waals surface area contributed by atoms with Crippen LogP contribution >= 0.6 is 0 Å². The summed E-state index contributed by atoms with van der Waals surface area (Å²) in [4.78, 5) is 38.5. The van der Waals surface area contributed by atoms with Crippen LogP contribution in [0, 0.1) is 19.8 Å². The number of nitrogens with zero attached hydrogens (tertiary/aromatic N) is 2. The topological polar surface area (TPSA) is 87.2 Å². The van der Waals surface area contributed by atoms with Gasteiger partial charge in [0.2, 0.25) is 5.91 Å². The molecule has 7 heteroatoms. The van der Waals surface area contributed by atoms with Crippen LogP contribution in [0.2, 0.25) is 0 Å². The van der Waals surface area contributed by atoms with Gasteiger partial charge in [0.05, 0.1) is 12.5 Å². The van der Waals surface area contributed by atoms with E-state index >= 15 is 0 Å². The molecule has 7 nitrogen and oxygen atoms in total.